The van der Waals surface area contributed by atoms with Gasteiger partial charge in [-0.1, -0.05) is 0 Å². The Hall–Kier alpha value is -6.70. The Balaban J connectivity index is 0.756. The summed E-state index contributed by atoms with van der Waals surface area (Å²) in [5, 5.41) is 28.2. The number of piperidine rings is 2. The molecule has 5 aliphatic rings. The number of sulfonamides is 1. The Kier molecular flexibility index (Phi) is 10.9. The largest absolute Gasteiger partial charge is 0.453 e. The first-order valence-electron chi connectivity index (χ1n) is 22.1. The van der Waals surface area contributed by atoms with Crippen molar-refractivity contribution in [2.45, 2.75) is 80.3 Å². The molecule has 0 bridgehead atoms. The zero-order valence-electron chi connectivity index (χ0n) is 36.3. The van der Waals surface area contributed by atoms with Gasteiger partial charge in [0.15, 0.2) is 17.4 Å². The maximum atomic E-state index is 15.7. The number of halogens is 2. The number of rotatable bonds is 10. The summed E-state index contributed by atoms with van der Waals surface area (Å²) in [6.45, 7) is 1.71. The third-order valence-corrected chi connectivity index (χ3v) is 15.6. The molecule has 1 atom stereocenters. The topological polar surface area (TPSA) is 234 Å². The molecule has 4 aliphatic heterocycles. The number of aryl methyl sites for hydroxylation is 1. The van der Waals surface area contributed by atoms with E-state index in [1.807, 2.05) is 11.0 Å². The minimum absolute atomic E-state index is 0.0341. The normalized spacial score (nSPS) is 20.6. The lowest BCUT2D eigenvalue weighted by Gasteiger charge is -2.42. The van der Waals surface area contributed by atoms with Crippen LogP contribution in [0, 0.1) is 23.0 Å². The number of nitrogens with zero attached hydrogens (tertiary/aromatic N) is 8. The van der Waals surface area contributed by atoms with Gasteiger partial charge >= 0.3 is 6.03 Å². The molecule has 4 saturated heterocycles. The molecule has 19 nitrogen and oxygen atoms in total. The number of benzene rings is 3. The highest BCUT2D eigenvalue weighted by atomic mass is 32.2. The van der Waals surface area contributed by atoms with Gasteiger partial charge in [-0.2, -0.15) is 10.4 Å². The van der Waals surface area contributed by atoms with E-state index >= 15 is 8.78 Å². The number of hydrogen-bond acceptors (Lipinski definition) is 13. The number of likely N-dealkylation sites (tertiary alicyclic amines) is 1. The van der Waals surface area contributed by atoms with Crippen LogP contribution in [0.1, 0.15) is 69.4 Å². The fourth-order valence-corrected chi connectivity index (χ4v) is 11.1. The van der Waals surface area contributed by atoms with Crippen molar-refractivity contribution in [3.63, 3.8) is 0 Å². The van der Waals surface area contributed by atoms with Crippen LogP contribution >= 0.6 is 0 Å². The third-order valence-electron chi connectivity index (χ3n) is 13.7. The summed E-state index contributed by atoms with van der Waals surface area (Å²) in [6.07, 6.45) is 4.41. The van der Waals surface area contributed by atoms with E-state index in [1.165, 1.54) is 46.1 Å². The van der Waals surface area contributed by atoms with Crippen LogP contribution in [0.25, 0.3) is 21.8 Å². The van der Waals surface area contributed by atoms with E-state index in [1.54, 1.807) is 22.7 Å². The molecule has 67 heavy (non-hydrogen) atoms. The Morgan fingerprint density at radius 2 is 1.78 bits per heavy atom. The van der Waals surface area contributed by atoms with Gasteiger partial charge in [0.05, 0.1) is 69.6 Å². The van der Waals surface area contributed by atoms with Gasteiger partial charge in [-0.3, -0.25) is 38.6 Å². The molecule has 3 N–H and O–H groups in total. The van der Waals surface area contributed by atoms with Gasteiger partial charge < -0.3 is 24.4 Å². The Labute approximate surface area is 381 Å². The molecule has 2 aromatic heterocycles. The van der Waals surface area contributed by atoms with Gasteiger partial charge in [0.2, 0.25) is 21.8 Å². The number of aromatic nitrogens is 4. The molecule has 6 heterocycles. The zero-order valence-corrected chi connectivity index (χ0v) is 37.2. The number of aliphatic hydroxyl groups is 1. The second-order valence-corrected chi connectivity index (χ2v) is 20.1. The summed E-state index contributed by atoms with van der Waals surface area (Å²) >= 11 is 0. The quantitative estimate of drug-likeness (QED) is 0.177. The highest BCUT2D eigenvalue weighted by molar-refractivity contribution is 7.93. The number of carbonyl (C=O) groups excluding carboxylic acids is 3. The van der Waals surface area contributed by atoms with Gasteiger partial charge in [0.1, 0.15) is 23.2 Å². The molecule has 0 unspecified atom stereocenters. The van der Waals surface area contributed by atoms with E-state index in [-0.39, 0.29) is 84.9 Å². The fraction of sp³-hybridized carbons (Fsp3) is 0.444. The van der Waals surface area contributed by atoms with E-state index in [4.69, 9.17) is 9.47 Å². The molecular formula is C45H46F2N10O9S. The molecule has 22 heteroatoms. The summed E-state index contributed by atoms with van der Waals surface area (Å²) < 4.78 is 73.6. The number of amides is 4. The predicted octanol–water partition coefficient (Wildman–Crippen LogP) is 4.32. The number of nitriles is 1. The van der Waals surface area contributed by atoms with Crippen LogP contribution in [0.4, 0.5) is 30.8 Å². The van der Waals surface area contributed by atoms with Crippen LogP contribution in [-0.2, 0) is 31.4 Å². The van der Waals surface area contributed by atoms with Crippen LogP contribution in [0.5, 0.6) is 11.5 Å². The number of ether oxygens (including phenoxy) is 2. The number of hydrogen-bond donors (Lipinski definition) is 3. The first-order chi connectivity index (χ1) is 32.0. The summed E-state index contributed by atoms with van der Waals surface area (Å²) in [5.74, 6) is -2.21. The molecular weight excluding hydrogens is 895 g/mol. The number of carbonyl (C=O) groups is 3. The van der Waals surface area contributed by atoms with E-state index in [9.17, 15) is 38.0 Å². The third kappa shape index (κ3) is 8.28. The van der Waals surface area contributed by atoms with Gasteiger partial charge in [-0.15, -0.1) is 0 Å². The molecule has 1 saturated carbocycles. The second-order valence-electron chi connectivity index (χ2n) is 18.1. The number of anilines is 3. The maximum Gasteiger partial charge on any atom is 0.329 e. The van der Waals surface area contributed by atoms with E-state index in [2.05, 4.69) is 20.1 Å². The lowest BCUT2D eigenvalue weighted by molar-refractivity contribution is -0.142. The standard InChI is InChI=1S/C45H46F2N10O9S/c1-53-36-20-37(33(47)19-30(36)41(51-53)56-13-8-38(58)50-43(56)61)54-14-9-44(62,10-15-54)22-39(59)55-16-11-45(12-17-55)21-26(24-65-45)57-25-49-34-6-2-27(18-29(34)42(57)60)66-40-31(23-48)35(7-5-32(40)46)52-67(63,64)28-3-4-28/h2,5-7,18-20,25-26,28,52,62H,3-4,8-17,21-22,24H2,1H3,(H,50,58,61)/t26-/m1/s1. The molecule has 5 aromatic rings. The SMILES string of the molecule is Cn1nc(N2CCC(=O)NC2=O)c2cc(F)c(N3CCC(O)(CC(=O)N4CCC5(CC4)C[C@@H](n4cnc6ccc(Oc7c(F)ccc(NS(=O)(=O)C8CC8)c7C#N)cc6c4=O)CO5)CC3)cc21. The minimum Gasteiger partial charge on any atom is -0.453 e. The summed E-state index contributed by atoms with van der Waals surface area (Å²) in [6, 6.07) is 10.4. The van der Waals surface area contributed by atoms with Gasteiger partial charge in [0, 0.05) is 51.6 Å². The Morgan fingerprint density at radius 3 is 2.49 bits per heavy atom. The molecule has 1 spiro atoms. The van der Waals surface area contributed by atoms with E-state index < -0.39 is 55.4 Å². The molecule has 4 amide bonds. The first-order valence-corrected chi connectivity index (χ1v) is 23.7. The van der Waals surface area contributed by atoms with E-state index in [0.717, 1.165) is 6.07 Å². The lowest BCUT2D eigenvalue weighted by Crippen LogP contribution is -2.51. The van der Waals surface area contributed by atoms with Crippen LogP contribution in [-0.4, -0.2) is 111 Å². The molecule has 350 valence electrons. The average Bonchev–Trinajstić information content (AvgIpc) is 4.03. The smallest absolute Gasteiger partial charge is 0.329 e. The van der Waals surface area contributed by atoms with Crippen molar-refractivity contribution in [2.75, 3.05) is 53.9 Å². The van der Waals surface area contributed by atoms with Crippen LogP contribution < -0.4 is 30.1 Å². The zero-order chi connectivity index (χ0) is 47.0. The van der Waals surface area contributed by atoms with E-state index in [0.29, 0.717) is 80.4 Å². The van der Waals surface area contributed by atoms with Crippen molar-refractivity contribution in [2.24, 2.45) is 7.05 Å². The average molecular weight is 941 g/mol. The number of urea groups is 1. The summed E-state index contributed by atoms with van der Waals surface area (Å²) in [4.78, 5) is 61.2. The highest BCUT2D eigenvalue weighted by Gasteiger charge is 2.46. The highest BCUT2D eigenvalue weighted by Crippen LogP contribution is 2.42. The monoisotopic (exact) mass is 940 g/mol. The Morgan fingerprint density at radius 1 is 1.01 bits per heavy atom. The molecule has 1 aliphatic carbocycles. The summed E-state index contributed by atoms with van der Waals surface area (Å²) in [7, 11) is -2.07. The van der Waals surface area contributed by atoms with Gasteiger partial charge in [-0.25, -0.2) is 27.0 Å². The van der Waals surface area contributed by atoms with Crippen LogP contribution in [0.15, 0.2) is 53.6 Å². The van der Waals surface area contributed by atoms with Crippen molar-refractivity contribution >= 4 is 66.9 Å². The maximum absolute atomic E-state index is 15.7. The molecule has 0 radical (unpaired) electrons. The van der Waals surface area contributed by atoms with Crippen LogP contribution in [0.3, 0.4) is 0 Å². The predicted molar refractivity (Wildman–Crippen MR) is 238 cm³/mol. The van der Waals surface area contributed by atoms with Crippen molar-refractivity contribution < 1.29 is 46.2 Å². The Bertz CT molecular complexity index is 3100. The van der Waals surface area contributed by atoms with Crippen molar-refractivity contribution in [3.05, 3.63) is 76.3 Å². The first kappa shape index (κ1) is 44.2. The minimum atomic E-state index is -3.76. The molecule has 5 fully saturated rings. The van der Waals surface area contributed by atoms with Crippen LogP contribution in [0.2, 0.25) is 0 Å². The lowest BCUT2D eigenvalue weighted by atomic mass is 9.85. The van der Waals surface area contributed by atoms with Crippen molar-refractivity contribution in [1.82, 2.24) is 29.5 Å². The van der Waals surface area contributed by atoms with Gasteiger partial charge in [0.25, 0.3) is 5.56 Å². The number of nitrogens with one attached hydrogen (secondary N) is 2. The number of fused-ring (bicyclic) bond motifs is 2. The molecule has 3 aromatic carbocycles. The second kappa shape index (κ2) is 16.6. The number of imide groups is 1. The van der Waals surface area contributed by atoms with Gasteiger partial charge in [-0.05, 0) is 87.4 Å². The fourth-order valence-electron chi connectivity index (χ4n) is 9.72. The molecule has 10 rings (SSSR count). The van der Waals surface area contributed by atoms with Crippen molar-refractivity contribution in [3.8, 4) is 17.6 Å². The summed E-state index contributed by atoms with van der Waals surface area (Å²) in [5.41, 5.74) is -1.49. The van der Waals surface area contributed by atoms with Crippen molar-refractivity contribution in [1.29, 1.82) is 5.26 Å².